The summed E-state index contributed by atoms with van der Waals surface area (Å²) in [5, 5.41) is 15.5. The smallest absolute Gasteiger partial charge is 0.317 e. The van der Waals surface area contributed by atoms with E-state index in [2.05, 4.69) is 30.2 Å². The van der Waals surface area contributed by atoms with Crippen molar-refractivity contribution in [1.82, 2.24) is 44.9 Å². The number of alkyl halides is 2. The molecule has 0 atom stereocenters. The Balaban J connectivity index is 1.03. The third-order valence-corrected chi connectivity index (χ3v) is 11.0. The summed E-state index contributed by atoms with van der Waals surface area (Å²) in [6.07, 6.45) is 4.39. The average Bonchev–Trinajstić information content (AvgIpc) is 3.80. The number of hydrogen-bond donors (Lipinski definition) is 2. The predicted octanol–water partition coefficient (Wildman–Crippen LogP) is 3.10. The Morgan fingerprint density at radius 1 is 1.00 bits per heavy atom. The molecule has 2 aromatic heterocycles. The molecule has 6 heterocycles. The molecule has 2 saturated heterocycles. The number of aromatic nitrogens is 4. The Hall–Kier alpha value is -4.12. The fourth-order valence-electron chi connectivity index (χ4n) is 8.10. The van der Waals surface area contributed by atoms with E-state index < -0.39 is 6.43 Å². The number of aryl methyl sites for hydroxylation is 2. The molecule has 0 saturated carbocycles. The fourth-order valence-corrected chi connectivity index (χ4v) is 8.10. The van der Waals surface area contributed by atoms with E-state index in [1.165, 1.54) is 0 Å². The number of fused-ring (bicyclic) bond motifs is 2. The van der Waals surface area contributed by atoms with Crippen LogP contribution in [0.3, 0.4) is 0 Å². The van der Waals surface area contributed by atoms with E-state index in [1.807, 2.05) is 11.0 Å². The van der Waals surface area contributed by atoms with E-state index in [1.54, 1.807) is 42.1 Å². The fraction of sp³-hybridized carbons (Fsp3) is 0.622. The van der Waals surface area contributed by atoms with Crippen LogP contribution in [0.5, 0.6) is 0 Å². The average molecular weight is 739 g/mol. The zero-order valence-electron chi connectivity index (χ0n) is 30.9. The zero-order valence-corrected chi connectivity index (χ0v) is 30.9. The molecule has 3 amide bonds. The Morgan fingerprint density at radius 3 is 2.53 bits per heavy atom. The van der Waals surface area contributed by atoms with Crippen LogP contribution in [0.1, 0.15) is 54.1 Å². The van der Waals surface area contributed by atoms with Crippen LogP contribution < -0.4 is 15.5 Å². The maximum Gasteiger partial charge on any atom is 0.317 e. The van der Waals surface area contributed by atoms with Crippen molar-refractivity contribution < 1.29 is 27.8 Å². The highest BCUT2D eigenvalue weighted by Gasteiger charge is 2.35. The Labute approximate surface area is 309 Å². The van der Waals surface area contributed by atoms with Crippen molar-refractivity contribution in [2.24, 2.45) is 7.05 Å². The van der Waals surface area contributed by atoms with E-state index in [4.69, 9.17) is 14.6 Å². The van der Waals surface area contributed by atoms with Gasteiger partial charge in [-0.15, -0.1) is 0 Å². The molecule has 0 spiro atoms. The highest BCUT2D eigenvalue weighted by molar-refractivity contribution is 5.79. The first-order chi connectivity index (χ1) is 25.8. The van der Waals surface area contributed by atoms with Gasteiger partial charge in [-0.25, -0.2) is 13.6 Å². The van der Waals surface area contributed by atoms with Crippen LogP contribution in [-0.2, 0) is 40.7 Å². The van der Waals surface area contributed by atoms with Crippen LogP contribution in [-0.4, -0.2) is 139 Å². The van der Waals surface area contributed by atoms with Gasteiger partial charge in [-0.05, 0) is 48.9 Å². The van der Waals surface area contributed by atoms with Gasteiger partial charge < -0.3 is 34.8 Å². The molecule has 2 N–H and O–H groups in total. The molecule has 0 radical (unpaired) electrons. The minimum absolute atomic E-state index is 0.0277. The monoisotopic (exact) mass is 738 g/mol. The van der Waals surface area contributed by atoms with E-state index in [0.29, 0.717) is 75.9 Å². The molecular formula is C37H52F2N10O4. The molecule has 2 fully saturated rings. The van der Waals surface area contributed by atoms with Crippen LogP contribution in [0.4, 0.5) is 25.1 Å². The maximum atomic E-state index is 14.6. The van der Waals surface area contributed by atoms with Gasteiger partial charge >= 0.3 is 6.03 Å². The molecule has 0 bridgehead atoms. The minimum atomic E-state index is -2.67. The van der Waals surface area contributed by atoms with E-state index in [0.717, 1.165) is 80.9 Å². The number of amides is 3. The van der Waals surface area contributed by atoms with E-state index >= 15 is 0 Å². The van der Waals surface area contributed by atoms with Gasteiger partial charge in [0, 0.05) is 114 Å². The van der Waals surface area contributed by atoms with Crippen LogP contribution in [0.2, 0.25) is 0 Å². The normalized spacial score (nSPS) is 18.4. The number of piperidine rings is 1. The van der Waals surface area contributed by atoms with Crippen molar-refractivity contribution in [3.63, 3.8) is 0 Å². The van der Waals surface area contributed by atoms with E-state index in [9.17, 15) is 18.4 Å². The second-order valence-corrected chi connectivity index (χ2v) is 14.3. The molecule has 0 unspecified atom stereocenters. The quantitative estimate of drug-likeness (QED) is 0.270. The summed E-state index contributed by atoms with van der Waals surface area (Å²) in [4.78, 5) is 33.9. The number of anilines is 2. The summed E-state index contributed by atoms with van der Waals surface area (Å²) in [5.41, 5.74) is 4.85. The first-order valence-corrected chi connectivity index (χ1v) is 19.0. The van der Waals surface area contributed by atoms with Gasteiger partial charge in [-0.1, -0.05) is 0 Å². The molecule has 4 aliphatic rings. The molecule has 7 rings (SSSR count). The summed E-state index contributed by atoms with van der Waals surface area (Å²) in [6.45, 7) is 9.25. The van der Waals surface area contributed by atoms with Gasteiger partial charge in [-0.2, -0.15) is 10.2 Å². The molecule has 53 heavy (non-hydrogen) atoms. The zero-order chi connectivity index (χ0) is 36.9. The molecule has 1 aromatic carbocycles. The number of rotatable bonds is 12. The highest BCUT2D eigenvalue weighted by atomic mass is 19.3. The molecular weight excluding hydrogens is 686 g/mol. The third-order valence-electron chi connectivity index (χ3n) is 11.0. The van der Waals surface area contributed by atoms with Crippen molar-refractivity contribution >= 4 is 23.4 Å². The summed E-state index contributed by atoms with van der Waals surface area (Å²) < 4.78 is 44.4. The summed E-state index contributed by atoms with van der Waals surface area (Å²) in [7, 11) is 3.40. The number of urea groups is 1. The first kappa shape index (κ1) is 37.2. The number of carbonyl (C=O) groups excluding carboxylic acids is 2. The van der Waals surface area contributed by atoms with Crippen molar-refractivity contribution in [2.75, 3.05) is 97.3 Å². The van der Waals surface area contributed by atoms with Gasteiger partial charge in [0.2, 0.25) is 5.91 Å². The Morgan fingerprint density at radius 2 is 1.79 bits per heavy atom. The third kappa shape index (κ3) is 8.35. The Kier molecular flexibility index (Phi) is 11.9. The lowest BCUT2D eigenvalue weighted by Crippen LogP contribution is -2.44. The first-order valence-electron chi connectivity index (χ1n) is 19.0. The largest absolute Gasteiger partial charge is 0.378 e. The molecule has 4 aliphatic heterocycles. The minimum Gasteiger partial charge on any atom is -0.378 e. The van der Waals surface area contributed by atoms with Crippen molar-refractivity contribution in [3.8, 4) is 11.1 Å². The highest BCUT2D eigenvalue weighted by Crippen LogP contribution is 2.43. The number of nitrogens with zero attached hydrogens (tertiary/aromatic N) is 8. The number of hydrogen-bond acceptors (Lipinski definition) is 9. The van der Waals surface area contributed by atoms with E-state index in [-0.39, 0.29) is 30.2 Å². The number of carbonyl (C=O) groups is 2. The van der Waals surface area contributed by atoms with Crippen LogP contribution in [0.15, 0.2) is 24.5 Å². The van der Waals surface area contributed by atoms with Crippen molar-refractivity contribution in [1.29, 1.82) is 0 Å². The summed E-state index contributed by atoms with van der Waals surface area (Å²) >= 11 is 0. The van der Waals surface area contributed by atoms with Crippen LogP contribution in [0.25, 0.3) is 11.1 Å². The van der Waals surface area contributed by atoms with Gasteiger partial charge in [0.05, 0.1) is 38.6 Å². The van der Waals surface area contributed by atoms with Gasteiger partial charge in [0.15, 0.2) is 5.82 Å². The second-order valence-electron chi connectivity index (χ2n) is 14.3. The second kappa shape index (κ2) is 16.9. The molecule has 16 heteroatoms. The number of halogens is 2. The van der Waals surface area contributed by atoms with Gasteiger partial charge in [0.1, 0.15) is 6.61 Å². The Bertz CT molecular complexity index is 1730. The SMILES string of the molecule is CNC(=O)N1CCc2c(c(N3CCCc4cc(-c5cnn(C)c5)c(C(F)F)cc43)nn2C2CCN(C(=O)COCCOCCN3CCNCC3)CC2)C1. The maximum absolute atomic E-state index is 14.6. The predicted molar refractivity (Wildman–Crippen MR) is 196 cm³/mol. The van der Waals surface area contributed by atoms with Crippen molar-refractivity contribution in [2.45, 2.75) is 51.1 Å². The van der Waals surface area contributed by atoms with Crippen LogP contribution >= 0.6 is 0 Å². The van der Waals surface area contributed by atoms with Gasteiger partial charge in [-0.3, -0.25) is 19.1 Å². The molecule has 3 aromatic rings. The standard InChI is InChI=1S/C37H52F2N10O4/c1-40-37(51)47-13-7-32-31(24-47)36(48-10-3-4-26-20-29(27-22-42-44(2)23-27)30(35(38)39)21-33(26)48)43-49(32)28-5-11-46(12-6-28)34(50)25-53-19-18-52-17-16-45-14-8-41-9-15-45/h20-23,28,35,41H,3-19,24-25H2,1-2H3,(H,40,51). The summed E-state index contributed by atoms with van der Waals surface area (Å²) in [6, 6.07) is 3.41. The lowest BCUT2D eigenvalue weighted by molar-refractivity contribution is -0.138. The topological polar surface area (TPSA) is 125 Å². The number of ether oxygens (including phenoxy) is 2. The number of likely N-dealkylation sites (tertiary alicyclic amines) is 1. The van der Waals surface area contributed by atoms with Crippen molar-refractivity contribution in [3.05, 3.63) is 46.9 Å². The molecule has 14 nitrogen and oxygen atoms in total. The lowest BCUT2D eigenvalue weighted by Gasteiger charge is -2.34. The summed E-state index contributed by atoms with van der Waals surface area (Å²) in [5.74, 6) is 0.685. The van der Waals surface area contributed by atoms with Gasteiger partial charge in [0.25, 0.3) is 6.43 Å². The number of piperazine rings is 1. The molecule has 288 valence electrons. The number of nitrogens with one attached hydrogen (secondary N) is 2. The van der Waals surface area contributed by atoms with Crippen LogP contribution in [0, 0.1) is 0 Å². The number of benzene rings is 1. The molecule has 0 aliphatic carbocycles. The lowest BCUT2D eigenvalue weighted by atomic mass is 9.92.